The van der Waals surface area contributed by atoms with E-state index in [1.807, 2.05) is 18.2 Å². The predicted octanol–water partition coefficient (Wildman–Crippen LogP) is 4.39. The number of hydrogen-bond acceptors (Lipinski definition) is 6. The molecule has 0 aliphatic rings. The number of para-hydroxylation sites is 2. The zero-order chi connectivity index (χ0) is 18.5. The molecule has 132 valence electrons. The SMILES string of the molecule is O=C(COc1ccccc1[N+](=O)[O-])Nc1nc(-c2ccccc2Cl)cs1. The average Bonchev–Trinajstić information content (AvgIpc) is 3.08. The topological polar surface area (TPSA) is 94.4 Å². The minimum atomic E-state index is -0.566. The maximum Gasteiger partial charge on any atom is 0.310 e. The summed E-state index contributed by atoms with van der Waals surface area (Å²) >= 11 is 7.38. The van der Waals surface area contributed by atoms with Crippen molar-refractivity contribution in [2.45, 2.75) is 0 Å². The fourth-order valence-electron chi connectivity index (χ4n) is 2.15. The van der Waals surface area contributed by atoms with Crippen LogP contribution in [0.5, 0.6) is 5.75 Å². The summed E-state index contributed by atoms with van der Waals surface area (Å²) in [7, 11) is 0. The molecule has 0 aliphatic carbocycles. The first kappa shape index (κ1) is 17.8. The van der Waals surface area contributed by atoms with Crippen molar-refractivity contribution in [1.82, 2.24) is 4.98 Å². The summed E-state index contributed by atoms with van der Waals surface area (Å²) in [5, 5.41) is 16.3. The minimum absolute atomic E-state index is 0.0311. The van der Waals surface area contributed by atoms with Crippen LogP contribution in [0.25, 0.3) is 11.3 Å². The van der Waals surface area contributed by atoms with Crippen LogP contribution in [0.3, 0.4) is 0 Å². The summed E-state index contributed by atoms with van der Waals surface area (Å²) in [6.07, 6.45) is 0. The van der Waals surface area contributed by atoms with Gasteiger partial charge in [-0.1, -0.05) is 41.9 Å². The monoisotopic (exact) mass is 389 g/mol. The Labute approximate surface area is 157 Å². The van der Waals surface area contributed by atoms with E-state index in [9.17, 15) is 14.9 Å². The number of carbonyl (C=O) groups is 1. The lowest BCUT2D eigenvalue weighted by atomic mass is 10.2. The molecule has 26 heavy (non-hydrogen) atoms. The van der Waals surface area contributed by atoms with Crippen molar-refractivity contribution in [3.05, 3.63) is 69.0 Å². The molecule has 0 saturated carbocycles. The molecule has 1 amide bonds. The average molecular weight is 390 g/mol. The third-order valence-electron chi connectivity index (χ3n) is 3.32. The zero-order valence-electron chi connectivity index (χ0n) is 13.2. The number of rotatable bonds is 6. The molecule has 0 radical (unpaired) electrons. The maximum atomic E-state index is 12.0. The van der Waals surface area contributed by atoms with E-state index in [1.54, 1.807) is 17.5 Å². The summed E-state index contributed by atoms with van der Waals surface area (Å²) in [6.45, 7) is -0.369. The number of hydrogen-bond donors (Lipinski definition) is 1. The lowest BCUT2D eigenvalue weighted by Crippen LogP contribution is -2.20. The van der Waals surface area contributed by atoms with Crippen molar-refractivity contribution >= 4 is 39.7 Å². The highest BCUT2D eigenvalue weighted by Crippen LogP contribution is 2.30. The second kappa shape index (κ2) is 7.94. The Bertz CT molecular complexity index is 960. The fourth-order valence-corrected chi connectivity index (χ4v) is 3.11. The van der Waals surface area contributed by atoms with Gasteiger partial charge in [0.05, 0.1) is 10.6 Å². The summed E-state index contributed by atoms with van der Waals surface area (Å²) in [6, 6.07) is 13.1. The largest absolute Gasteiger partial charge is 0.477 e. The van der Waals surface area contributed by atoms with Gasteiger partial charge in [-0.05, 0) is 12.1 Å². The molecule has 2 aromatic carbocycles. The number of halogens is 1. The third-order valence-corrected chi connectivity index (χ3v) is 4.41. The van der Waals surface area contributed by atoms with E-state index in [2.05, 4.69) is 10.3 Å². The molecule has 3 rings (SSSR count). The Morgan fingerprint density at radius 3 is 2.73 bits per heavy atom. The molecule has 1 N–H and O–H groups in total. The number of ether oxygens (including phenoxy) is 1. The van der Waals surface area contributed by atoms with Crippen LogP contribution in [0.1, 0.15) is 0 Å². The molecule has 0 unspecified atom stereocenters. The molecule has 3 aromatic rings. The number of nitrogens with zero attached hydrogens (tertiary/aromatic N) is 2. The van der Waals surface area contributed by atoms with E-state index in [0.29, 0.717) is 15.8 Å². The van der Waals surface area contributed by atoms with Gasteiger partial charge >= 0.3 is 5.69 Å². The molecule has 1 aromatic heterocycles. The number of amides is 1. The number of nitrogens with one attached hydrogen (secondary N) is 1. The van der Waals surface area contributed by atoms with Crippen LogP contribution in [-0.2, 0) is 4.79 Å². The Kier molecular flexibility index (Phi) is 5.45. The summed E-state index contributed by atoms with van der Waals surface area (Å²) < 4.78 is 5.25. The van der Waals surface area contributed by atoms with Crippen LogP contribution < -0.4 is 10.1 Å². The molecule has 0 fully saturated rings. The standard InChI is InChI=1S/C17H12ClN3O4S/c18-12-6-2-1-5-11(12)13-10-26-17(19-13)20-16(22)9-25-15-8-4-3-7-14(15)21(23)24/h1-8,10H,9H2,(H,19,20,22). The van der Waals surface area contributed by atoms with E-state index < -0.39 is 10.8 Å². The molecule has 0 atom stereocenters. The molecule has 0 aliphatic heterocycles. The van der Waals surface area contributed by atoms with Gasteiger partial charge in [0.25, 0.3) is 5.91 Å². The molecule has 0 saturated heterocycles. The van der Waals surface area contributed by atoms with Crippen LogP contribution in [0.15, 0.2) is 53.9 Å². The quantitative estimate of drug-likeness (QED) is 0.498. The van der Waals surface area contributed by atoms with E-state index in [0.717, 1.165) is 5.56 Å². The fraction of sp³-hybridized carbons (Fsp3) is 0.0588. The molecular formula is C17H12ClN3O4S. The lowest BCUT2D eigenvalue weighted by molar-refractivity contribution is -0.385. The molecule has 7 nitrogen and oxygen atoms in total. The predicted molar refractivity (Wildman–Crippen MR) is 99.8 cm³/mol. The third kappa shape index (κ3) is 4.16. The van der Waals surface area contributed by atoms with Gasteiger partial charge in [-0.3, -0.25) is 20.2 Å². The number of nitro groups is 1. The van der Waals surface area contributed by atoms with Gasteiger partial charge in [0, 0.05) is 22.0 Å². The Morgan fingerprint density at radius 2 is 1.96 bits per heavy atom. The Hall–Kier alpha value is -2.97. The molecular weight excluding hydrogens is 378 g/mol. The smallest absolute Gasteiger partial charge is 0.310 e. The highest BCUT2D eigenvalue weighted by Gasteiger charge is 2.16. The molecule has 0 spiro atoms. The molecule has 0 bridgehead atoms. The maximum absolute atomic E-state index is 12.0. The Morgan fingerprint density at radius 1 is 1.23 bits per heavy atom. The number of carbonyl (C=O) groups excluding carboxylic acids is 1. The van der Waals surface area contributed by atoms with Crippen LogP contribution in [0, 0.1) is 10.1 Å². The van der Waals surface area contributed by atoms with Crippen LogP contribution in [0.4, 0.5) is 10.8 Å². The first-order valence-electron chi connectivity index (χ1n) is 7.41. The van der Waals surface area contributed by atoms with Gasteiger partial charge in [0.15, 0.2) is 17.5 Å². The van der Waals surface area contributed by atoms with Crippen molar-refractivity contribution < 1.29 is 14.5 Å². The summed E-state index contributed by atoms with van der Waals surface area (Å²) in [4.78, 5) is 26.7. The second-order valence-corrected chi connectivity index (χ2v) is 6.34. The lowest BCUT2D eigenvalue weighted by Gasteiger charge is -2.06. The van der Waals surface area contributed by atoms with Gasteiger partial charge in [0.2, 0.25) is 0 Å². The first-order chi connectivity index (χ1) is 12.5. The Balaban J connectivity index is 1.63. The van der Waals surface area contributed by atoms with Crippen molar-refractivity contribution in [2.75, 3.05) is 11.9 Å². The van der Waals surface area contributed by atoms with Gasteiger partial charge in [0.1, 0.15) is 0 Å². The van der Waals surface area contributed by atoms with Crippen molar-refractivity contribution in [2.24, 2.45) is 0 Å². The zero-order valence-corrected chi connectivity index (χ0v) is 14.8. The minimum Gasteiger partial charge on any atom is -0.477 e. The highest BCUT2D eigenvalue weighted by molar-refractivity contribution is 7.14. The van der Waals surface area contributed by atoms with E-state index in [1.165, 1.54) is 29.5 Å². The summed E-state index contributed by atoms with van der Waals surface area (Å²) in [5.74, 6) is -0.438. The van der Waals surface area contributed by atoms with Crippen LogP contribution in [0.2, 0.25) is 5.02 Å². The van der Waals surface area contributed by atoms with Gasteiger partial charge < -0.3 is 4.74 Å². The highest BCUT2D eigenvalue weighted by atomic mass is 35.5. The van der Waals surface area contributed by atoms with Gasteiger partial charge in [-0.25, -0.2) is 4.98 Å². The number of aromatic nitrogens is 1. The van der Waals surface area contributed by atoms with Gasteiger partial charge in [-0.2, -0.15) is 0 Å². The number of thiazole rings is 1. The second-order valence-electron chi connectivity index (χ2n) is 5.08. The van der Waals surface area contributed by atoms with E-state index in [-0.39, 0.29) is 18.0 Å². The van der Waals surface area contributed by atoms with Crippen molar-refractivity contribution in [1.29, 1.82) is 0 Å². The summed E-state index contributed by atoms with van der Waals surface area (Å²) in [5.41, 5.74) is 1.22. The van der Waals surface area contributed by atoms with Gasteiger partial charge in [-0.15, -0.1) is 11.3 Å². The van der Waals surface area contributed by atoms with E-state index >= 15 is 0 Å². The van der Waals surface area contributed by atoms with Crippen molar-refractivity contribution in [3.8, 4) is 17.0 Å². The van der Waals surface area contributed by atoms with E-state index in [4.69, 9.17) is 16.3 Å². The van der Waals surface area contributed by atoms with Crippen LogP contribution >= 0.6 is 22.9 Å². The number of benzene rings is 2. The van der Waals surface area contributed by atoms with Crippen LogP contribution in [-0.4, -0.2) is 22.4 Å². The number of anilines is 1. The molecule has 9 heteroatoms. The van der Waals surface area contributed by atoms with Crippen molar-refractivity contribution in [3.63, 3.8) is 0 Å². The number of nitro benzene ring substituents is 1. The normalized spacial score (nSPS) is 10.3. The molecule has 1 heterocycles. The first-order valence-corrected chi connectivity index (χ1v) is 8.67.